The maximum atomic E-state index is 13.4. The van der Waals surface area contributed by atoms with Crippen molar-refractivity contribution >= 4 is 5.78 Å². The third-order valence-electron chi connectivity index (χ3n) is 8.95. The zero-order chi connectivity index (χ0) is 33.7. The highest BCUT2D eigenvalue weighted by atomic mass is 16.1. The van der Waals surface area contributed by atoms with Gasteiger partial charge in [-0.3, -0.25) is 4.79 Å². The monoisotopic (exact) mass is 646 g/mol. The van der Waals surface area contributed by atoms with Gasteiger partial charge in [-0.25, -0.2) is 0 Å². The fourth-order valence-corrected chi connectivity index (χ4v) is 6.10. The van der Waals surface area contributed by atoms with Gasteiger partial charge in [0.05, 0.1) is 0 Å². The minimum Gasteiger partial charge on any atom is -0.289 e. The molecule has 0 radical (unpaired) electrons. The Labute approximate surface area is 291 Å². The minimum absolute atomic E-state index is 0.00238. The number of ketones is 1. The fraction of sp³-hybridized carbons (Fsp3) is 0. The van der Waals surface area contributed by atoms with Crippen LogP contribution in [0.4, 0.5) is 0 Å². The summed E-state index contributed by atoms with van der Waals surface area (Å²) >= 11 is 0. The van der Waals surface area contributed by atoms with E-state index in [0.717, 1.165) is 45.0 Å². The van der Waals surface area contributed by atoms with Crippen molar-refractivity contribution in [3.05, 3.63) is 218 Å². The van der Waals surface area contributed by atoms with Crippen molar-refractivity contribution in [2.45, 2.75) is 0 Å². The number of para-hydroxylation sites is 2. The molecule has 0 saturated carbocycles. The molecule has 0 unspecified atom stereocenters. The maximum absolute atomic E-state index is 13.4. The second-order valence-corrected chi connectivity index (χ2v) is 12.1. The quantitative estimate of drug-likeness (QED) is 0.126. The van der Waals surface area contributed by atoms with E-state index < -0.39 is 0 Å². The molecule has 8 rings (SSSR count). The van der Waals surface area contributed by atoms with E-state index in [0.29, 0.717) is 11.1 Å². The lowest BCUT2D eigenvalue weighted by molar-refractivity contribution is -0.596. The number of pyridine rings is 4. The number of rotatable bonds is 8. The van der Waals surface area contributed by atoms with Gasteiger partial charge in [-0.1, -0.05) is 36.4 Å². The Morgan fingerprint density at radius 3 is 0.780 bits per heavy atom. The summed E-state index contributed by atoms with van der Waals surface area (Å²) in [5.74, 6) is -0.00238. The van der Waals surface area contributed by atoms with Crippen LogP contribution < -0.4 is 18.3 Å². The van der Waals surface area contributed by atoms with Crippen LogP contribution in [0, 0.1) is 0 Å². The molecule has 0 atom stereocenters. The van der Waals surface area contributed by atoms with Crippen LogP contribution in [0.5, 0.6) is 0 Å². The van der Waals surface area contributed by atoms with Crippen molar-refractivity contribution in [3.63, 3.8) is 0 Å². The van der Waals surface area contributed by atoms with Gasteiger partial charge in [-0.2, -0.15) is 18.3 Å². The summed E-state index contributed by atoms with van der Waals surface area (Å²) in [5, 5.41) is 0. The number of carbonyl (C=O) groups is 1. The Kier molecular flexibility index (Phi) is 8.36. The Hall–Kier alpha value is -6.85. The zero-order valence-electron chi connectivity index (χ0n) is 27.3. The predicted octanol–water partition coefficient (Wildman–Crippen LogP) is 7.36. The summed E-state index contributed by atoms with van der Waals surface area (Å²) < 4.78 is 8.32. The molecule has 0 fully saturated rings. The first-order valence-electron chi connectivity index (χ1n) is 16.6. The minimum atomic E-state index is -0.00238. The summed E-state index contributed by atoms with van der Waals surface area (Å²) in [6, 6.07) is 53.0. The van der Waals surface area contributed by atoms with E-state index in [1.54, 1.807) is 0 Å². The van der Waals surface area contributed by atoms with E-state index >= 15 is 0 Å². The molecule has 0 amide bonds. The number of hydrogen-bond donors (Lipinski definition) is 0. The molecular formula is C45H34N4O+4. The summed E-state index contributed by atoms with van der Waals surface area (Å²) in [6.45, 7) is 0. The molecule has 4 heterocycles. The van der Waals surface area contributed by atoms with Gasteiger partial charge in [0.2, 0.25) is 22.7 Å². The van der Waals surface area contributed by atoms with Crippen LogP contribution in [-0.4, -0.2) is 5.78 Å². The van der Waals surface area contributed by atoms with Gasteiger partial charge in [0.15, 0.2) is 55.4 Å². The molecule has 5 nitrogen and oxygen atoms in total. The smallest absolute Gasteiger partial charge is 0.210 e. The highest BCUT2D eigenvalue weighted by molar-refractivity contribution is 6.09. The van der Waals surface area contributed by atoms with Gasteiger partial charge in [0.1, 0.15) is 0 Å². The number of nitrogens with zero attached hydrogens (tertiary/aromatic N) is 4. The van der Waals surface area contributed by atoms with Crippen LogP contribution in [0.3, 0.4) is 0 Å². The first-order chi connectivity index (χ1) is 24.7. The van der Waals surface area contributed by atoms with Gasteiger partial charge in [-0.15, -0.1) is 0 Å². The van der Waals surface area contributed by atoms with E-state index in [-0.39, 0.29) is 5.78 Å². The molecule has 0 bridgehead atoms. The highest BCUT2D eigenvalue weighted by Crippen LogP contribution is 2.19. The molecule has 0 saturated heterocycles. The second kappa shape index (κ2) is 13.7. The summed E-state index contributed by atoms with van der Waals surface area (Å²) in [5.41, 5.74) is 10.1. The molecule has 4 aromatic carbocycles. The van der Waals surface area contributed by atoms with Crippen LogP contribution in [0.25, 0.3) is 45.0 Å². The molecule has 0 N–H and O–H groups in total. The zero-order valence-corrected chi connectivity index (χ0v) is 27.3. The molecule has 0 aliphatic heterocycles. The molecule has 0 spiro atoms. The van der Waals surface area contributed by atoms with Gasteiger partial charge in [-0.05, 0) is 46.5 Å². The first kappa shape index (κ1) is 30.5. The van der Waals surface area contributed by atoms with Crippen molar-refractivity contribution in [2.75, 3.05) is 0 Å². The van der Waals surface area contributed by atoms with Crippen molar-refractivity contribution in [3.8, 4) is 45.0 Å². The third-order valence-corrected chi connectivity index (χ3v) is 8.95. The predicted molar refractivity (Wildman–Crippen MR) is 193 cm³/mol. The average molecular weight is 647 g/mol. The Bertz CT molecular complexity index is 2180. The van der Waals surface area contributed by atoms with Crippen LogP contribution in [-0.2, 0) is 0 Å². The van der Waals surface area contributed by atoms with E-state index in [2.05, 4.69) is 116 Å². The molecule has 0 aliphatic carbocycles. The average Bonchev–Trinajstić information content (AvgIpc) is 3.22. The lowest BCUT2D eigenvalue weighted by Gasteiger charge is -2.04. The first-order valence-corrected chi connectivity index (χ1v) is 16.6. The summed E-state index contributed by atoms with van der Waals surface area (Å²) in [6.07, 6.45) is 16.5. The van der Waals surface area contributed by atoms with Crippen molar-refractivity contribution in [2.24, 2.45) is 0 Å². The maximum Gasteiger partial charge on any atom is 0.210 e. The van der Waals surface area contributed by atoms with Crippen LogP contribution in [0.2, 0.25) is 0 Å². The van der Waals surface area contributed by atoms with E-state index in [1.165, 1.54) is 0 Å². The SMILES string of the molecule is O=C(c1ccc(-[n+]2ccc(-c3cc[n+](-c4ccccc4)cc3)cc2)cc1)c1ccc(-[n+]2ccc(-c3cc[n+](-c4ccccc4)cc3)cc2)cc1. The van der Waals surface area contributed by atoms with E-state index in [4.69, 9.17) is 0 Å². The van der Waals surface area contributed by atoms with Gasteiger partial charge < -0.3 is 0 Å². The van der Waals surface area contributed by atoms with Crippen LogP contribution >= 0.6 is 0 Å². The molecule has 4 aromatic heterocycles. The van der Waals surface area contributed by atoms with Gasteiger partial charge >= 0.3 is 0 Å². The topological polar surface area (TPSA) is 32.6 Å². The van der Waals surface area contributed by atoms with Crippen molar-refractivity contribution < 1.29 is 23.1 Å². The Balaban J connectivity index is 0.908. The Morgan fingerprint density at radius 1 is 0.280 bits per heavy atom. The molecule has 5 heteroatoms. The number of hydrogen-bond acceptors (Lipinski definition) is 1. The molecule has 236 valence electrons. The van der Waals surface area contributed by atoms with E-state index in [9.17, 15) is 4.79 Å². The number of aromatic nitrogens is 4. The molecule has 8 aromatic rings. The molecule has 50 heavy (non-hydrogen) atoms. The largest absolute Gasteiger partial charge is 0.289 e. The third kappa shape index (κ3) is 6.48. The highest BCUT2D eigenvalue weighted by Gasteiger charge is 2.15. The Morgan fingerprint density at radius 2 is 0.520 bits per heavy atom. The standard InChI is InChI=1S/C45H34N4O/c50-45(39-11-15-43(16-12-39)48-31-23-37(24-32-48)35-19-27-46(28-20-35)41-7-3-1-4-8-41)40-13-17-44(18-14-40)49-33-25-38(26-34-49)36-21-29-47(30-22-36)42-9-5-2-6-10-42/h1-34H/q+4. The number of benzene rings is 4. The lowest BCUT2D eigenvalue weighted by Crippen LogP contribution is -2.29. The number of carbonyl (C=O) groups excluding carboxylic acids is 1. The summed E-state index contributed by atoms with van der Waals surface area (Å²) in [7, 11) is 0. The normalized spacial score (nSPS) is 10.9. The van der Waals surface area contributed by atoms with Crippen molar-refractivity contribution in [1.82, 2.24) is 0 Å². The van der Waals surface area contributed by atoms with Crippen LogP contribution in [0.1, 0.15) is 15.9 Å². The second-order valence-electron chi connectivity index (χ2n) is 12.1. The lowest BCUT2D eigenvalue weighted by atomic mass is 10.0. The van der Waals surface area contributed by atoms with Crippen LogP contribution in [0.15, 0.2) is 207 Å². The molecule has 0 aliphatic rings. The van der Waals surface area contributed by atoms with Crippen molar-refractivity contribution in [1.29, 1.82) is 0 Å². The van der Waals surface area contributed by atoms with Gasteiger partial charge in [0.25, 0.3) is 0 Å². The fourth-order valence-electron chi connectivity index (χ4n) is 6.10. The molecular weight excluding hydrogens is 613 g/mol. The van der Waals surface area contributed by atoms with Gasteiger partial charge in [0, 0.05) is 108 Å². The summed E-state index contributed by atoms with van der Waals surface area (Å²) in [4.78, 5) is 13.4. The van der Waals surface area contributed by atoms with E-state index in [1.807, 2.05) is 110 Å².